The van der Waals surface area contributed by atoms with Crippen LogP contribution in [0.2, 0.25) is 0 Å². The number of hydrogen-bond donors (Lipinski definition) is 0. The smallest absolute Gasteiger partial charge is 0.254 e. The highest BCUT2D eigenvalue weighted by molar-refractivity contribution is 5.94. The van der Waals surface area contributed by atoms with Crippen molar-refractivity contribution in [2.24, 2.45) is 5.92 Å². The number of hydrogen-bond acceptors (Lipinski definition) is 5. The molecule has 1 aromatic heterocycles. The molecule has 0 radical (unpaired) electrons. The Morgan fingerprint density at radius 3 is 3.00 bits per heavy atom. The molecule has 0 bridgehead atoms. The van der Waals surface area contributed by atoms with Crippen molar-refractivity contribution in [3.63, 3.8) is 0 Å². The van der Waals surface area contributed by atoms with E-state index in [0.717, 1.165) is 0 Å². The van der Waals surface area contributed by atoms with Gasteiger partial charge in [-0.3, -0.25) is 9.59 Å². The number of rotatable bonds is 4. The van der Waals surface area contributed by atoms with E-state index >= 15 is 0 Å². The molecule has 1 aliphatic heterocycles. The largest absolute Gasteiger partial charge is 0.383 e. The molecule has 2 aromatic rings. The molecule has 0 unspecified atom stereocenters. The molecule has 1 fully saturated rings. The number of methoxy groups -OCH3 is 1. The maximum atomic E-state index is 12.6. The number of ether oxygens (including phenoxy) is 1. The van der Waals surface area contributed by atoms with E-state index in [2.05, 4.69) is 10.3 Å². The van der Waals surface area contributed by atoms with Gasteiger partial charge in [-0.05, 0) is 19.1 Å². The number of fused-ring (bicyclic) bond motifs is 1. The molecular weight excluding hydrogens is 284 g/mol. The molecular formula is C15H18N4O3. The molecule has 1 aliphatic rings. The van der Waals surface area contributed by atoms with Crippen LogP contribution in [0.15, 0.2) is 24.3 Å². The Labute approximate surface area is 127 Å². The van der Waals surface area contributed by atoms with E-state index in [1.807, 2.05) is 19.1 Å². The van der Waals surface area contributed by atoms with E-state index in [4.69, 9.17) is 4.74 Å². The fourth-order valence-electron chi connectivity index (χ4n) is 2.86. The second-order valence-corrected chi connectivity index (χ2v) is 5.58. The Morgan fingerprint density at radius 1 is 1.45 bits per heavy atom. The molecule has 1 amide bonds. The van der Waals surface area contributed by atoms with Crippen molar-refractivity contribution in [1.29, 1.82) is 0 Å². The van der Waals surface area contributed by atoms with E-state index in [1.165, 1.54) is 4.68 Å². The third kappa shape index (κ3) is 2.48. The second-order valence-electron chi connectivity index (χ2n) is 5.58. The Balaban J connectivity index is 1.80. The number of carbonyl (C=O) groups is 2. The Morgan fingerprint density at radius 2 is 2.23 bits per heavy atom. The maximum Gasteiger partial charge on any atom is 0.254 e. The van der Waals surface area contributed by atoms with Gasteiger partial charge in [0.05, 0.1) is 24.1 Å². The first-order valence-electron chi connectivity index (χ1n) is 7.25. The van der Waals surface area contributed by atoms with E-state index < -0.39 is 5.92 Å². The van der Waals surface area contributed by atoms with Crippen LogP contribution in [0, 0.1) is 5.92 Å². The molecule has 7 heteroatoms. The average molecular weight is 302 g/mol. The first kappa shape index (κ1) is 14.6. The number of likely N-dealkylation sites (tertiary alicyclic amines) is 1. The molecule has 0 aliphatic carbocycles. The summed E-state index contributed by atoms with van der Waals surface area (Å²) in [6.45, 7) is 2.77. The van der Waals surface area contributed by atoms with Gasteiger partial charge in [-0.15, -0.1) is 5.10 Å². The predicted octanol–water partition coefficient (Wildman–Crippen LogP) is 0.955. The van der Waals surface area contributed by atoms with Crippen molar-refractivity contribution < 1.29 is 14.3 Å². The van der Waals surface area contributed by atoms with Crippen molar-refractivity contribution in [3.05, 3.63) is 24.3 Å². The van der Waals surface area contributed by atoms with Crippen LogP contribution in [0.4, 0.5) is 0 Å². The zero-order chi connectivity index (χ0) is 15.7. The van der Waals surface area contributed by atoms with Gasteiger partial charge in [-0.1, -0.05) is 17.3 Å². The van der Waals surface area contributed by atoms with E-state index in [9.17, 15) is 9.59 Å². The van der Waals surface area contributed by atoms with Crippen LogP contribution < -0.4 is 0 Å². The number of benzene rings is 1. The van der Waals surface area contributed by atoms with Gasteiger partial charge in [0.15, 0.2) is 0 Å². The SMILES string of the molecule is COC[C@@H](C)N1C[C@H](C(=O)n2nnc3ccccc32)CC1=O. The van der Waals surface area contributed by atoms with Crippen molar-refractivity contribution in [1.82, 2.24) is 19.9 Å². The Hall–Kier alpha value is -2.28. The topological polar surface area (TPSA) is 77.3 Å². The maximum absolute atomic E-state index is 12.6. The lowest BCUT2D eigenvalue weighted by atomic mass is 10.1. The van der Waals surface area contributed by atoms with Crippen LogP contribution in [0.3, 0.4) is 0 Å². The van der Waals surface area contributed by atoms with Gasteiger partial charge in [0.2, 0.25) is 5.91 Å². The van der Waals surface area contributed by atoms with Crippen molar-refractivity contribution in [3.8, 4) is 0 Å². The minimum Gasteiger partial charge on any atom is -0.383 e. The molecule has 0 spiro atoms. The van der Waals surface area contributed by atoms with Gasteiger partial charge < -0.3 is 9.64 Å². The number of para-hydroxylation sites is 1. The van der Waals surface area contributed by atoms with Crippen LogP contribution in [0.5, 0.6) is 0 Å². The summed E-state index contributed by atoms with van der Waals surface area (Å²) in [6.07, 6.45) is 0.209. The van der Waals surface area contributed by atoms with Crippen molar-refractivity contribution in [2.45, 2.75) is 19.4 Å². The Bertz CT molecular complexity index is 712. The average Bonchev–Trinajstić information content (AvgIpc) is 3.10. The molecule has 22 heavy (non-hydrogen) atoms. The molecule has 2 heterocycles. The summed E-state index contributed by atoms with van der Waals surface area (Å²) in [7, 11) is 1.60. The van der Waals surface area contributed by atoms with Crippen LogP contribution in [-0.4, -0.2) is 58.0 Å². The lowest BCUT2D eigenvalue weighted by Crippen LogP contribution is -2.38. The summed E-state index contributed by atoms with van der Waals surface area (Å²) in [5.41, 5.74) is 1.34. The highest BCUT2D eigenvalue weighted by Gasteiger charge is 2.37. The fraction of sp³-hybridized carbons (Fsp3) is 0.467. The zero-order valence-electron chi connectivity index (χ0n) is 12.6. The van der Waals surface area contributed by atoms with E-state index in [1.54, 1.807) is 24.1 Å². The van der Waals surface area contributed by atoms with Gasteiger partial charge in [-0.25, -0.2) is 0 Å². The summed E-state index contributed by atoms with van der Waals surface area (Å²) in [5, 5.41) is 7.92. The van der Waals surface area contributed by atoms with Crippen molar-refractivity contribution >= 4 is 22.8 Å². The summed E-state index contributed by atoms with van der Waals surface area (Å²) in [6, 6.07) is 7.25. The molecule has 1 saturated heterocycles. The van der Waals surface area contributed by atoms with Crippen molar-refractivity contribution in [2.75, 3.05) is 20.3 Å². The van der Waals surface area contributed by atoms with Gasteiger partial charge in [-0.2, -0.15) is 4.68 Å². The van der Waals surface area contributed by atoms with Crippen LogP contribution >= 0.6 is 0 Å². The highest BCUT2D eigenvalue weighted by Crippen LogP contribution is 2.23. The molecule has 7 nitrogen and oxygen atoms in total. The fourth-order valence-corrected chi connectivity index (χ4v) is 2.86. The highest BCUT2D eigenvalue weighted by atomic mass is 16.5. The van der Waals surface area contributed by atoms with Gasteiger partial charge in [0.25, 0.3) is 5.91 Å². The monoisotopic (exact) mass is 302 g/mol. The summed E-state index contributed by atoms with van der Waals surface area (Å²) in [5.74, 6) is -0.599. The first-order chi connectivity index (χ1) is 10.6. The lowest BCUT2D eigenvalue weighted by Gasteiger charge is -2.23. The van der Waals surface area contributed by atoms with Gasteiger partial charge in [0, 0.05) is 20.1 Å². The van der Waals surface area contributed by atoms with E-state index in [0.29, 0.717) is 24.2 Å². The normalized spacial score (nSPS) is 19.8. The quantitative estimate of drug-likeness (QED) is 0.840. The van der Waals surface area contributed by atoms with Gasteiger partial charge >= 0.3 is 0 Å². The lowest BCUT2D eigenvalue weighted by molar-refractivity contribution is -0.130. The van der Waals surface area contributed by atoms with Gasteiger partial charge in [0.1, 0.15) is 5.52 Å². The third-order valence-electron chi connectivity index (χ3n) is 4.01. The van der Waals surface area contributed by atoms with Crippen LogP contribution in [0.25, 0.3) is 11.0 Å². The summed E-state index contributed by atoms with van der Waals surface area (Å²) in [4.78, 5) is 26.5. The van der Waals surface area contributed by atoms with Crippen LogP contribution in [-0.2, 0) is 9.53 Å². The second kappa shape index (κ2) is 5.84. The molecule has 0 N–H and O–H groups in total. The van der Waals surface area contributed by atoms with Crippen LogP contribution in [0.1, 0.15) is 18.1 Å². The predicted molar refractivity (Wildman–Crippen MR) is 79.3 cm³/mol. The Kier molecular flexibility index (Phi) is 3.89. The standard InChI is InChI=1S/C15H18N4O3/c1-10(9-22-2)18-8-11(7-14(18)20)15(21)19-13-6-4-3-5-12(13)16-17-19/h3-6,10-11H,7-9H2,1-2H3/t10-,11-/m1/s1. The van der Waals surface area contributed by atoms with E-state index in [-0.39, 0.29) is 24.3 Å². The summed E-state index contributed by atoms with van der Waals surface area (Å²) >= 11 is 0. The molecule has 2 atom stereocenters. The molecule has 3 rings (SSSR count). The minimum absolute atomic E-state index is 0.0210. The zero-order valence-corrected chi connectivity index (χ0v) is 12.6. The molecule has 1 aromatic carbocycles. The molecule has 116 valence electrons. The number of aromatic nitrogens is 3. The number of amides is 1. The number of nitrogens with zero attached hydrogens (tertiary/aromatic N) is 4. The third-order valence-corrected chi connectivity index (χ3v) is 4.01. The molecule has 0 saturated carbocycles. The number of carbonyl (C=O) groups excluding carboxylic acids is 2. The minimum atomic E-state index is -0.392. The summed E-state index contributed by atoms with van der Waals surface area (Å²) < 4.78 is 6.39. The first-order valence-corrected chi connectivity index (χ1v) is 7.25.